The van der Waals surface area contributed by atoms with Crippen LogP contribution in [0.25, 0.3) is 0 Å². The molecule has 0 unspecified atom stereocenters. The molecule has 0 aliphatic carbocycles. The van der Waals surface area contributed by atoms with Gasteiger partial charge < -0.3 is 0 Å². The maximum Gasteiger partial charge on any atom is 0.232 e. The van der Waals surface area contributed by atoms with E-state index in [1.807, 2.05) is 0 Å². The average Bonchev–Trinajstić information content (AvgIpc) is 1.50. The molecule has 0 bridgehead atoms. The van der Waals surface area contributed by atoms with Crippen molar-refractivity contribution in [2.75, 3.05) is 10.1 Å². The van der Waals surface area contributed by atoms with Crippen LogP contribution in [0.1, 0.15) is 19.3 Å². The number of halogens is 2. The smallest absolute Gasteiger partial charge is 0.212 e. The lowest BCUT2D eigenvalue weighted by Gasteiger charge is -1.77. The lowest BCUT2D eigenvalue weighted by molar-refractivity contribution is 0.610. The Morgan fingerprint density at radius 2 is 1.78 bits per heavy atom. The second-order valence-corrected chi connectivity index (χ2v) is 4.41. The normalized spacial score (nSPS) is 19.6. The first-order chi connectivity index (χ1) is 5.25. The van der Waals surface area contributed by atoms with Crippen molar-refractivity contribution in [1.29, 1.82) is 0 Å². The summed E-state index contributed by atoms with van der Waals surface area (Å²) in [4.78, 5) is 0. The summed E-state index contributed by atoms with van der Waals surface area (Å²) in [6, 6.07) is 0. The van der Waals surface area contributed by atoms with Gasteiger partial charge >= 0.3 is 0 Å². The Morgan fingerprint density at radius 1 is 1.67 bits per heavy atom. The molecular weight excluding hydrogens is 274 g/mol. The zero-order chi connectivity index (χ0) is 11.5. The van der Waals surface area contributed by atoms with Gasteiger partial charge in [0.05, 0.1) is 5.70 Å². The van der Waals surface area contributed by atoms with E-state index >= 15 is 0 Å². The fourth-order valence-electron chi connectivity index (χ4n) is 0. The Bertz CT molecular complexity index is 236. The van der Waals surface area contributed by atoms with Crippen LogP contribution in [0.3, 0.4) is 0 Å². The first-order valence-electron chi connectivity index (χ1n) is 3.88. The molecule has 0 rings (SSSR count). The van der Waals surface area contributed by atoms with Crippen LogP contribution in [-0.4, -0.2) is 18.5 Å². The minimum absolute atomic E-state index is 0.884. The van der Waals surface area contributed by atoms with Crippen LogP contribution in [0, 0.1) is 0 Å². The zero-order valence-electron chi connectivity index (χ0n) is 8.98. The molecule has 0 atom stereocenters. The van der Waals surface area contributed by atoms with Gasteiger partial charge in [0.2, 0.25) is 9.05 Å². The van der Waals surface area contributed by atoms with Gasteiger partial charge in [0.1, 0.15) is 0 Å². The maximum atomic E-state index is 10.0. The molecule has 0 heterocycles. The molecule has 0 aromatic heterocycles. The summed E-state index contributed by atoms with van der Waals surface area (Å²) in [5, 5.41) is 0. The van der Waals surface area contributed by atoms with Crippen molar-refractivity contribution in [2.45, 2.75) is 13.8 Å². The zero-order valence-corrected chi connectivity index (χ0v) is 8.71. The topological polar surface area (TPSA) is 34.1 Å². The molecule has 9 heavy (non-hydrogen) atoms. The summed E-state index contributed by atoms with van der Waals surface area (Å²) >= 11 is 1.71. The number of hydrogen-bond donors (Lipinski definition) is 0. The largest absolute Gasteiger partial charge is 0.232 e. The van der Waals surface area contributed by atoms with E-state index in [2.05, 4.69) is 10.7 Å². The highest BCUT2D eigenvalue weighted by Gasteiger charge is 1.94. The molecule has 0 aliphatic heterocycles. The van der Waals surface area contributed by atoms with Crippen LogP contribution in [0.2, 0.25) is 0 Å². The molecule has 0 N–H and O–H groups in total. The number of rotatable bonds is 1. The molecule has 0 radical (unpaired) electrons. The second kappa shape index (κ2) is 7.08. The minimum atomic E-state index is -4.03. The van der Waals surface area contributed by atoms with Crippen molar-refractivity contribution >= 4 is 42.3 Å². The number of hydrogen-bond acceptors (Lipinski definition) is 2. The third-order valence-corrected chi connectivity index (χ3v) is 1.19. The number of alkyl halides is 1. The van der Waals surface area contributed by atoms with Crippen molar-refractivity contribution in [1.82, 2.24) is 0 Å². The monoisotopic (exact) mass is 288 g/mol. The molecule has 2 nitrogen and oxygen atoms in total. The van der Waals surface area contributed by atoms with Crippen LogP contribution in [0.4, 0.5) is 0 Å². The van der Waals surface area contributed by atoms with E-state index in [1.54, 1.807) is 22.6 Å². The van der Waals surface area contributed by atoms with Crippen LogP contribution in [-0.2, 0) is 9.05 Å². The highest BCUT2D eigenvalue weighted by atomic mass is 127. The molecule has 0 fully saturated rings. The van der Waals surface area contributed by atoms with Gasteiger partial charge in [-0.05, 0) is 4.38 Å². The van der Waals surface area contributed by atoms with Crippen molar-refractivity contribution in [3.8, 4) is 0 Å². The van der Waals surface area contributed by atoms with Gasteiger partial charge in [-0.3, -0.25) is 0 Å². The van der Waals surface area contributed by atoms with Crippen molar-refractivity contribution in [3.05, 3.63) is 0 Å². The van der Waals surface area contributed by atoms with Crippen LogP contribution < -0.4 is 0 Å². The van der Waals surface area contributed by atoms with Crippen molar-refractivity contribution in [3.63, 3.8) is 0 Å². The summed E-state index contributed by atoms with van der Waals surface area (Å²) in [5.74, 6) is 0. The third kappa shape index (κ3) is 27.6. The van der Waals surface area contributed by atoms with E-state index in [0.717, 1.165) is 6.92 Å². The fraction of sp³-hybridized carbons (Fsp3) is 1.00. The first kappa shape index (κ1) is 5.60. The summed E-state index contributed by atoms with van der Waals surface area (Å²) in [6.45, 7) is 2.39. The molecule has 0 aliphatic rings. The van der Waals surface area contributed by atoms with E-state index in [0.29, 0.717) is 0 Å². The van der Waals surface area contributed by atoms with Gasteiger partial charge in [-0.25, -0.2) is 8.42 Å². The molecule has 0 spiro atoms. The van der Waals surface area contributed by atoms with E-state index in [4.69, 9.17) is 5.48 Å². The second-order valence-electron chi connectivity index (χ2n) is 0.831. The quantitative estimate of drug-likeness (QED) is 0.420. The van der Waals surface area contributed by atoms with E-state index in [1.165, 1.54) is 6.92 Å². The van der Waals surface area contributed by atoms with Crippen LogP contribution in [0.15, 0.2) is 0 Å². The Labute approximate surface area is 80.2 Å². The lowest BCUT2D eigenvalue weighted by atomic mass is 11.0. The highest BCUT2D eigenvalue weighted by molar-refractivity contribution is 14.1. The predicted octanol–water partition coefficient (Wildman–Crippen LogP) is 2.02. The van der Waals surface area contributed by atoms with Gasteiger partial charge in [0.15, 0.2) is 0 Å². The lowest BCUT2D eigenvalue weighted by Crippen LogP contribution is -1.88. The Hall–Kier alpha value is 0.970. The maximum absolute atomic E-state index is 10.0. The average molecular weight is 289 g/mol. The van der Waals surface area contributed by atoms with Gasteiger partial charge in [0.25, 0.3) is 0 Å². The van der Waals surface area contributed by atoms with Crippen molar-refractivity contribution in [2.24, 2.45) is 0 Å². The molecule has 58 valence electrons. The molecule has 0 aromatic carbocycles. The van der Waals surface area contributed by atoms with Crippen LogP contribution >= 0.6 is 33.3 Å². The van der Waals surface area contributed by atoms with Gasteiger partial charge in [-0.15, -0.1) is 0 Å². The Morgan fingerprint density at radius 3 is 1.78 bits per heavy atom. The Kier molecular flexibility index (Phi) is 4.41. The summed E-state index contributed by atoms with van der Waals surface area (Å²) in [6.07, 6.45) is 0. The molecule has 0 saturated carbocycles. The molecule has 0 amide bonds. The Balaban J connectivity index is 0. The van der Waals surface area contributed by atoms with Gasteiger partial charge in [0, 0.05) is 16.2 Å². The molecule has 5 heteroatoms. The minimum Gasteiger partial charge on any atom is -0.212 e. The van der Waals surface area contributed by atoms with E-state index < -0.39 is 19.1 Å². The summed E-state index contributed by atoms with van der Waals surface area (Å²) in [5.41, 5.74) is -2.32. The van der Waals surface area contributed by atoms with Gasteiger partial charge in [-0.2, -0.15) is 0 Å². The van der Waals surface area contributed by atoms with Crippen LogP contribution in [0.5, 0.6) is 0 Å². The van der Waals surface area contributed by atoms with Crippen molar-refractivity contribution < 1.29 is 13.9 Å². The summed E-state index contributed by atoms with van der Waals surface area (Å²) < 4.78 is 45.3. The summed E-state index contributed by atoms with van der Waals surface area (Å²) in [7, 11) is 0.572. The standard InChI is InChI=1S/C2H5ClO2S.C2H5I/c1-2-6(3,4)5;1-2-3/h2H2,1H3;2H2,1H3/i2*2D2. The predicted molar refractivity (Wildman–Crippen MR) is 49.9 cm³/mol. The fourth-order valence-corrected chi connectivity index (χ4v) is 0. The third-order valence-electron chi connectivity index (χ3n) is 0.244. The van der Waals surface area contributed by atoms with E-state index in [-0.39, 0.29) is 0 Å². The SMILES string of the molecule is [2H]C([2H])(C)I.[2H]C([2H])(C)S(=O)(=O)Cl. The molecular formula is C4H10ClIO2S. The first-order valence-corrected chi connectivity index (χ1v) is 5.27. The molecule has 0 saturated heterocycles. The van der Waals surface area contributed by atoms with Gasteiger partial charge in [-0.1, -0.05) is 36.4 Å². The van der Waals surface area contributed by atoms with E-state index in [9.17, 15) is 8.42 Å². The highest BCUT2D eigenvalue weighted by Crippen LogP contribution is 1.91. The molecule has 0 aromatic rings.